The highest BCUT2D eigenvalue weighted by Gasteiger charge is 2.30. The average Bonchev–Trinajstić information content (AvgIpc) is 3.37. The fourth-order valence-electron chi connectivity index (χ4n) is 2.99. The number of allylic oxidation sites excluding steroid dienone is 1. The second kappa shape index (κ2) is 7.20. The number of nitrogens with one attached hydrogen (secondary N) is 2. The number of carboxylic acids is 1. The van der Waals surface area contributed by atoms with E-state index in [0.29, 0.717) is 17.3 Å². The van der Waals surface area contributed by atoms with Crippen molar-refractivity contribution in [3.8, 4) is 5.75 Å². The van der Waals surface area contributed by atoms with Gasteiger partial charge in [0.15, 0.2) is 0 Å². The first-order valence-electron chi connectivity index (χ1n) is 8.36. The Kier molecular flexibility index (Phi) is 4.58. The number of ether oxygens (including phenoxy) is 1. The number of amides is 1. The molecule has 0 spiro atoms. The van der Waals surface area contributed by atoms with E-state index >= 15 is 0 Å². The maximum atomic E-state index is 12.9. The minimum Gasteiger partial charge on any atom is -0.495 e. The van der Waals surface area contributed by atoms with Crippen LogP contribution in [0.4, 0.5) is 11.5 Å². The van der Waals surface area contributed by atoms with Crippen molar-refractivity contribution < 1.29 is 19.4 Å². The molecule has 3 N–H and O–H groups in total. The lowest BCUT2D eigenvalue weighted by Gasteiger charge is -2.23. The molecule has 3 heterocycles. The van der Waals surface area contributed by atoms with Crippen LogP contribution in [0.3, 0.4) is 0 Å². The zero-order valence-corrected chi connectivity index (χ0v) is 15.6. The van der Waals surface area contributed by atoms with Gasteiger partial charge in [-0.1, -0.05) is 18.2 Å². The van der Waals surface area contributed by atoms with Gasteiger partial charge in [-0.25, -0.2) is 9.48 Å². The van der Waals surface area contributed by atoms with Crippen molar-refractivity contribution in [3.63, 3.8) is 0 Å². The SMILES string of the molecule is COc1ccccc1NC(=O)c1cnn2c1NC(C(=O)O)=C[C@@H]2c1cccs1. The summed E-state index contributed by atoms with van der Waals surface area (Å²) in [4.78, 5) is 25.4. The smallest absolute Gasteiger partial charge is 0.352 e. The molecule has 1 aliphatic heterocycles. The molecule has 1 aromatic carbocycles. The van der Waals surface area contributed by atoms with Crippen LogP contribution >= 0.6 is 11.3 Å². The topological polar surface area (TPSA) is 105 Å². The van der Waals surface area contributed by atoms with Crippen molar-refractivity contribution in [2.75, 3.05) is 17.7 Å². The van der Waals surface area contributed by atoms with Crippen LogP contribution in [0.2, 0.25) is 0 Å². The van der Waals surface area contributed by atoms with Crippen molar-refractivity contribution in [2.24, 2.45) is 0 Å². The van der Waals surface area contributed by atoms with Gasteiger partial charge in [0.05, 0.1) is 19.0 Å². The largest absolute Gasteiger partial charge is 0.495 e. The van der Waals surface area contributed by atoms with Crippen LogP contribution in [0.15, 0.2) is 59.7 Å². The summed E-state index contributed by atoms with van der Waals surface area (Å²) < 4.78 is 6.86. The Balaban J connectivity index is 1.71. The monoisotopic (exact) mass is 396 g/mol. The van der Waals surface area contributed by atoms with E-state index in [9.17, 15) is 14.7 Å². The molecule has 0 aliphatic carbocycles. The molecule has 0 radical (unpaired) electrons. The van der Waals surface area contributed by atoms with Gasteiger partial charge in [-0.3, -0.25) is 4.79 Å². The van der Waals surface area contributed by atoms with E-state index in [0.717, 1.165) is 4.88 Å². The number of aromatic nitrogens is 2. The van der Waals surface area contributed by atoms with Gasteiger partial charge >= 0.3 is 5.97 Å². The molecule has 4 rings (SSSR count). The molecular formula is C19H16N4O4S. The molecule has 8 nitrogen and oxygen atoms in total. The maximum absolute atomic E-state index is 12.9. The molecule has 1 atom stereocenters. The van der Waals surface area contributed by atoms with Gasteiger partial charge in [0, 0.05) is 4.88 Å². The summed E-state index contributed by atoms with van der Waals surface area (Å²) in [5, 5.41) is 21.3. The average molecular weight is 396 g/mol. The van der Waals surface area contributed by atoms with Crippen molar-refractivity contribution in [1.82, 2.24) is 9.78 Å². The van der Waals surface area contributed by atoms with Gasteiger partial charge in [0.2, 0.25) is 0 Å². The number of hydrogen-bond acceptors (Lipinski definition) is 6. The zero-order chi connectivity index (χ0) is 19.7. The van der Waals surface area contributed by atoms with Gasteiger partial charge < -0.3 is 20.5 Å². The molecule has 0 saturated heterocycles. The number of nitrogens with zero attached hydrogens (tertiary/aromatic N) is 2. The predicted molar refractivity (Wildman–Crippen MR) is 105 cm³/mol. The molecule has 0 unspecified atom stereocenters. The van der Waals surface area contributed by atoms with Gasteiger partial charge in [-0.15, -0.1) is 11.3 Å². The Hall–Kier alpha value is -3.59. The van der Waals surface area contributed by atoms with Crippen LogP contribution in [0, 0.1) is 0 Å². The summed E-state index contributed by atoms with van der Waals surface area (Å²) in [6.07, 6.45) is 3.00. The number of aliphatic carboxylic acids is 1. The molecule has 1 amide bonds. The van der Waals surface area contributed by atoms with Crippen LogP contribution in [-0.4, -0.2) is 33.9 Å². The Bertz CT molecular complexity index is 1070. The summed E-state index contributed by atoms with van der Waals surface area (Å²) >= 11 is 1.49. The summed E-state index contributed by atoms with van der Waals surface area (Å²) in [6, 6.07) is 10.4. The number of anilines is 2. The quantitative estimate of drug-likeness (QED) is 0.612. The van der Waals surface area contributed by atoms with Crippen molar-refractivity contribution in [1.29, 1.82) is 0 Å². The molecule has 3 aromatic rings. The Morgan fingerprint density at radius 2 is 2.11 bits per heavy atom. The van der Waals surface area contributed by atoms with Gasteiger partial charge in [0.25, 0.3) is 5.91 Å². The lowest BCUT2D eigenvalue weighted by molar-refractivity contribution is -0.132. The molecular weight excluding hydrogens is 380 g/mol. The minimum absolute atomic E-state index is 0.00209. The fourth-order valence-corrected chi connectivity index (χ4v) is 3.76. The molecule has 2 aromatic heterocycles. The van der Waals surface area contributed by atoms with Crippen molar-refractivity contribution >= 4 is 34.7 Å². The van der Waals surface area contributed by atoms with Gasteiger partial charge in [-0.05, 0) is 29.7 Å². The highest BCUT2D eigenvalue weighted by Crippen LogP contribution is 2.34. The van der Waals surface area contributed by atoms with E-state index < -0.39 is 17.9 Å². The lowest BCUT2D eigenvalue weighted by atomic mass is 10.1. The van der Waals surface area contributed by atoms with Crippen LogP contribution in [0.25, 0.3) is 0 Å². The summed E-state index contributed by atoms with van der Waals surface area (Å²) in [6.45, 7) is 0. The summed E-state index contributed by atoms with van der Waals surface area (Å²) in [7, 11) is 1.52. The third-order valence-corrected chi connectivity index (χ3v) is 5.24. The Labute approximate surface area is 164 Å². The van der Waals surface area contributed by atoms with E-state index in [1.165, 1.54) is 24.6 Å². The van der Waals surface area contributed by atoms with Crippen LogP contribution in [0.1, 0.15) is 21.3 Å². The second-order valence-electron chi connectivity index (χ2n) is 5.98. The van der Waals surface area contributed by atoms with E-state index in [4.69, 9.17) is 4.74 Å². The summed E-state index contributed by atoms with van der Waals surface area (Å²) in [5.41, 5.74) is 0.742. The highest BCUT2D eigenvalue weighted by atomic mass is 32.1. The molecule has 28 heavy (non-hydrogen) atoms. The fraction of sp³-hybridized carbons (Fsp3) is 0.105. The number of carbonyl (C=O) groups excluding carboxylic acids is 1. The molecule has 9 heteroatoms. The first-order chi connectivity index (χ1) is 13.6. The molecule has 142 valence electrons. The minimum atomic E-state index is -1.11. The number of carbonyl (C=O) groups is 2. The molecule has 1 aliphatic rings. The van der Waals surface area contributed by atoms with E-state index in [-0.39, 0.29) is 11.3 Å². The lowest BCUT2D eigenvalue weighted by Crippen LogP contribution is -2.25. The first-order valence-corrected chi connectivity index (χ1v) is 9.24. The number of rotatable bonds is 5. The molecule has 0 fully saturated rings. The van der Waals surface area contributed by atoms with Crippen molar-refractivity contribution in [2.45, 2.75) is 6.04 Å². The van der Waals surface area contributed by atoms with E-state index in [2.05, 4.69) is 15.7 Å². The first kappa shape index (κ1) is 17.8. The normalized spacial score (nSPS) is 15.2. The molecule has 0 bridgehead atoms. The third-order valence-electron chi connectivity index (χ3n) is 4.30. The van der Waals surface area contributed by atoms with Gasteiger partial charge in [-0.2, -0.15) is 5.10 Å². The van der Waals surface area contributed by atoms with Gasteiger partial charge in [0.1, 0.15) is 28.9 Å². The maximum Gasteiger partial charge on any atom is 0.352 e. The zero-order valence-electron chi connectivity index (χ0n) is 14.7. The Morgan fingerprint density at radius 3 is 2.82 bits per heavy atom. The summed E-state index contributed by atoms with van der Waals surface area (Å²) in [5.74, 6) is -0.682. The number of carboxylic acid groups (broad SMARTS) is 1. The highest BCUT2D eigenvalue weighted by molar-refractivity contribution is 7.10. The number of thiophene rings is 1. The van der Waals surface area contributed by atoms with Crippen LogP contribution in [-0.2, 0) is 4.79 Å². The third kappa shape index (κ3) is 3.12. The standard InChI is InChI=1S/C19H16N4O4S/c1-27-15-6-3-2-5-12(15)22-18(24)11-10-20-23-14(16-7-4-8-28-16)9-13(19(25)26)21-17(11)23/h2-10,14,21H,1H3,(H,22,24)(H,25,26)/t14-/m1/s1. The molecule has 0 saturated carbocycles. The number of para-hydroxylation sites is 2. The van der Waals surface area contributed by atoms with E-state index in [1.807, 2.05) is 17.5 Å². The number of hydrogen-bond donors (Lipinski definition) is 3. The second-order valence-corrected chi connectivity index (χ2v) is 6.96. The number of methoxy groups -OCH3 is 1. The Morgan fingerprint density at radius 1 is 1.29 bits per heavy atom. The van der Waals surface area contributed by atoms with Crippen molar-refractivity contribution in [3.05, 3.63) is 70.2 Å². The number of fused-ring (bicyclic) bond motifs is 1. The predicted octanol–water partition coefficient (Wildman–Crippen LogP) is 3.19. The van der Waals surface area contributed by atoms with E-state index in [1.54, 1.807) is 35.0 Å². The van der Waals surface area contributed by atoms with Crippen LogP contribution in [0.5, 0.6) is 5.75 Å². The number of benzene rings is 1. The van der Waals surface area contributed by atoms with Crippen LogP contribution < -0.4 is 15.4 Å².